The van der Waals surface area contributed by atoms with Crippen molar-refractivity contribution in [3.05, 3.63) is 29.8 Å². The largest absolute Gasteiger partial charge is 0.497 e. The highest BCUT2D eigenvalue weighted by Gasteiger charge is 2.35. The summed E-state index contributed by atoms with van der Waals surface area (Å²) in [6.07, 6.45) is 2.03. The summed E-state index contributed by atoms with van der Waals surface area (Å²) in [4.78, 5) is 16.2. The molecular weight excluding hydrogens is 290 g/mol. The summed E-state index contributed by atoms with van der Waals surface area (Å²) in [7, 11) is 7.61. The van der Waals surface area contributed by atoms with Crippen molar-refractivity contribution in [1.82, 2.24) is 15.1 Å². The van der Waals surface area contributed by atoms with E-state index in [4.69, 9.17) is 4.74 Å². The number of urea groups is 1. The molecule has 23 heavy (non-hydrogen) atoms. The highest BCUT2D eigenvalue weighted by molar-refractivity contribution is 5.74. The highest BCUT2D eigenvalue weighted by atomic mass is 16.5. The van der Waals surface area contributed by atoms with Crippen LogP contribution in [0.1, 0.15) is 31.2 Å². The number of rotatable bonds is 6. The smallest absolute Gasteiger partial charge is 0.317 e. The van der Waals surface area contributed by atoms with E-state index in [-0.39, 0.29) is 12.1 Å². The summed E-state index contributed by atoms with van der Waals surface area (Å²) in [5.74, 6) is 1.42. The van der Waals surface area contributed by atoms with Gasteiger partial charge in [0.15, 0.2) is 0 Å². The molecule has 0 spiro atoms. The third-order valence-electron chi connectivity index (χ3n) is 4.56. The second-order valence-corrected chi connectivity index (χ2v) is 6.82. The predicted octanol–water partition coefficient (Wildman–Crippen LogP) is 2.53. The SMILES string of the molecule is COc1cccc(C2CC(N(C)C(=O)N[C@@H](C)CN(C)C)C2)c1. The lowest BCUT2D eigenvalue weighted by Crippen LogP contribution is -2.52. The molecule has 2 amide bonds. The van der Waals surface area contributed by atoms with Crippen LogP contribution in [0.5, 0.6) is 5.75 Å². The maximum absolute atomic E-state index is 12.3. The van der Waals surface area contributed by atoms with Gasteiger partial charge in [-0.2, -0.15) is 0 Å². The van der Waals surface area contributed by atoms with Gasteiger partial charge in [-0.25, -0.2) is 4.79 Å². The summed E-state index contributed by atoms with van der Waals surface area (Å²) >= 11 is 0. The molecule has 0 bridgehead atoms. The molecule has 1 aromatic carbocycles. The van der Waals surface area contributed by atoms with E-state index in [0.717, 1.165) is 25.1 Å². The van der Waals surface area contributed by atoms with Crippen molar-refractivity contribution >= 4 is 6.03 Å². The zero-order valence-corrected chi connectivity index (χ0v) is 14.9. The van der Waals surface area contributed by atoms with E-state index in [1.807, 2.05) is 45.1 Å². The molecule has 2 rings (SSSR count). The number of carbonyl (C=O) groups is 1. The number of methoxy groups -OCH3 is 1. The number of hydrogen-bond acceptors (Lipinski definition) is 3. The number of nitrogens with zero attached hydrogens (tertiary/aromatic N) is 2. The van der Waals surface area contributed by atoms with Gasteiger partial charge in [-0.3, -0.25) is 0 Å². The number of carbonyl (C=O) groups excluding carboxylic acids is 1. The summed E-state index contributed by atoms with van der Waals surface area (Å²) in [6.45, 7) is 2.88. The highest BCUT2D eigenvalue weighted by Crippen LogP contribution is 2.40. The van der Waals surface area contributed by atoms with Gasteiger partial charge in [-0.05, 0) is 57.5 Å². The molecule has 1 fully saturated rings. The molecule has 0 unspecified atom stereocenters. The Morgan fingerprint density at radius 2 is 2.04 bits per heavy atom. The first-order valence-corrected chi connectivity index (χ1v) is 8.22. The van der Waals surface area contributed by atoms with Crippen molar-refractivity contribution in [2.75, 3.05) is 34.8 Å². The topological polar surface area (TPSA) is 44.8 Å². The minimum atomic E-state index is 0.0217. The van der Waals surface area contributed by atoms with E-state index in [2.05, 4.69) is 22.3 Å². The Kier molecular flexibility index (Phi) is 5.88. The van der Waals surface area contributed by atoms with E-state index in [1.165, 1.54) is 5.56 Å². The van der Waals surface area contributed by atoms with Crippen LogP contribution < -0.4 is 10.1 Å². The van der Waals surface area contributed by atoms with Crippen molar-refractivity contribution in [2.45, 2.75) is 37.8 Å². The zero-order valence-electron chi connectivity index (χ0n) is 14.9. The molecule has 5 nitrogen and oxygen atoms in total. The van der Waals surface area contributed by atoms with Crippen LogP contribution in [-0.2, 0) is 0 Å². The molecule has 0 saturated heterocycles. The molecule has 1 aliphatic carbocycles. The minimum Gasteiger partial charge on any atom is -0.497 e. The van der Waals surface area contributed by atoms with Gasteiger partial charge in [-0.1, -0.05) is 12.1 Å². The van der Waals surface area contributed by atoms with Crippen molar-refractivity contribution in [3.63, 3.8) is 0 Å². The Hall–Kier alpha value is -1.75. The second-order valence-electron chi connectivity index (χ2n) is 6.82. The Morgan fingerprint density at radius 1 is 1.35 bits per heavy atom. The maximum Gasteiger partial charge on any atom is 0.317 e. The molecule has 0 heterocycles. The van der Waals surface area contributed by atoms with Crippen LogP contribution in [0.15, 0.2) is 24.3 Å². The van der Waals surface area contributed by atoms with Crippen LogP contribution in [-0.4, -0.2) is 62.7 Å². The summed E-state index contributed by atoms with van der Waals surface area (Å²) in [5.41, 5.74) is 1.30. The normalized spacial score (nSPS) is 21.5. The van der Waals surface area contributed by atoms with Gasteiger partial charge in [0.2, 0.25) is 0 Å². The van der Waals surface area contributed by atoms with Crippen LogP contribution in [0.4, 0.5) is 4.79 Å². The maximum atomic E-state index is 12.3. The fraction of sp³-hybridized carbons (Fsp3) is 0.611. The number of nitrogens with one attached hydrogen (secondary N) is 1. The fourth-order valence-corrected chi connectivity index (χ4v) is 3.14. The van der Waals surface area contributed by atoms with Crippen molar-refractivity contribution in [2.24, 2.45) is 0 Å². The first-order valence-electron chi connectivity index (χ1n) is 8.22. The summed E-state index contributed by atoms with van der Waals surface area (Å²) in [6, 6.07) is 8.72. The van der Waals surface area contributed by atoms with E-state index < -0.39 is 0 Å². The minimum absolute atomic E-state index is 0.0217. The molecule has 1 aromatic rings. The molecule has 128 valence electrons. The molecule has 1 saturated carbocycles. The molecule has 5 heteroatoms. The lowest BCUT2D eigenvalue weighted by molar-refractivity contribution is 0.140. The van der Waals surface area contributed by atoms with Crippen molar-refractivity contribution in [3.8, 4) is 5.75 Å². The zero-order chi connectivity index (χ0) is 17.0. The molecular formula is C18H29N3O2. The summed E-state index contributed by atoms with van der Waals surface area (Å²) < 4.78 is 5.28. The van der Waals surface area contributed by atoms with E-state index in [0.29, 0.717) is 12.0 Å². The Bertz CT molecular complexity index is 527. The third kappa shape index (κ3) is 4.61. The first-order chi connectivity index (χ1) is 10.9. The molecule has 1 aliphatic rings. The van der Waals surface area contributed by atoms with Crippen molar-refractivity contribution in [1.29, 1.82) is 0 Å². The number of likely N-dealkylation sites (N-methyl/N-ethyl adjacent to an activating group) is 1. The fourth-order valence-electron chi connectivity index (χ4n) is 3.14. The molecule has 0 aromatic heterocycles. The van der Waals surface area contributed by atoms with Crippen molar-refractivity contribution < 1.29 is 9.53 Å². The van der Waals surface area contributed by atoms with Gasteiger partial charge in [0.25, 0.3) is 0 Å². The predicted molar refractivity (Wildman–Crippen MR) is 93.1 cm³/mol. The quantitative estimate of drug-likeness (QED) is 0.876. The molecule has 1 N–H and O–H groups in total. The standard InChI is InChI=1S/C18H29N3O2/c1-13(12-20(2)3)19-18(22)21(4)16-9-15(10-16)14-7-6-8-17(11-14)23-5/h6-8,11,13,15-16H,9-10,12H2,1-5H3,(H,19,22)/t13-,15?,16?/m0/s1. The van der Waals surface area contributed by atoms with Gasteiger partial charge in [0.05, 0.1) is 7.11 Å². The summed E-state index contributed by atoms with van der Waals surface area (Å²) in [5, 5.41) is 3.06. The van der Waals surface area contributed by atoms with Crippen LogP contribution >= 0.6 is 0 Å². The first kappa shape index (κ1) is 17.6. The van der Waals surface area contributed by atoms with E-state index >= 15 is 0 Å². The number of benzene rings is 1. The van der Waals surface area contributed by atoms with Crippen LogP contribution in [0, 0.1) is 0 Å². The lowest BCUT2D eigenvalue weighted by Gasteiger charge is -2.41. The lowest BCUT2D eigenvalue weighted by atomic mass is 9.75. The van der Waals surface area contributed by atoms with Crippen LogP contribution in [0.3, 0.4) is 0 Å². The second kappa shape index (κ2) is 7.68. The number of ether oxygens (including phenoxy) is 1. The van der Waals surface area contributed by atoms with Crippen LogP contribution in [0.25, 0.3) is 0 Å². The van der Waals surface area contributed by atoms with Gasteiger partial charge in [-0.15, -0.1) is 0 Å². The monoisotopic (exact) mass is 319 g/mol. The average molecular weight is 319 g/mol. The number of hydrogen-bond donors (Lipinski definition) is 1. The third-order valence-corrected chi connectivity index (χ3v) is 4.56. The molecule has 0 radical (unpaired) electrons. The van der Waals surface area contributed by atoms with E-state index in [9.17, 15) is 4.79 Å². The number of amides is 2. The van der Waals surface area contributed by atoms with Gasteiger partial charge in [0, 0.05) is 25.7 Å². The Morgan fingerprint density at radius 3 is 2.65 bits per heavy atom. The Balaban J connectivity index is 1.82. The van der Waals surface area contributed by atoms with E-state index in [1.54, 1.807) is 7.11 Å². The average Bonchev–Trinajstić information content (AvgIpc) is 2.44. The van der Waals surface area contributed by atoms with Gasteiger partial charge >= 0.3 is 6.03 Å². The van der Waals surface area contributed by atoms with Gasteiger partial charge in [0.1, 0.15) is 5.75 Å². The van der Waals surface area contributed by atoms with Gasteiger partial charge < -0.3 is 19.9 Å². The Labute approximate surface area is 139 Å². The molecule has 1 atom stereocenters. The molecule has 0 aliphatic heterocycles. The van der Waals surface area contributed by atoms with Crippen LogP contribution in [0.2, 0.25) is 0 Å².